The van der Waals surface area contributed by atoms with Crippen molar-refractivity contribution < 1.29 is 18.8 Å². The van der Waals surface area contributed by atoms with Gasteiger partial charge in [-0.3, -0.25) is 14.9 Å². The molecule has 0 spiro atoms. The van der Waals surface area contributed by atoms with Crippen LogP contribution in [-0.2, 0) is 4.79 Å². The van der Waals surface area contributed by atoms with Crippen molar-refractivity contribution in [3.63, 3.8) is 0 Å². The summed E-state index contributed by atoms with van der Waals surface area (Å²) in [5.41, 5.74) is 0.719. The number of nitrogens with zero attached hydrogens (tertiary/aromatic N) is 1. The Morgan fingerprint density at radius 1 is 1.12 bits per heavy atom. The Bertz CT molecular complexity index is 716. The molecule has 2 aromatic carbocycles. The van der Waals surface area contributed by atoms with Gasteiger partial charge in [-0.15, -0.1) is 0 Å². The second-order valence-corrected chi connectivity index (χ2v) is 5.29. The highest BCUT2D eigenvalue weighted by molar-refractivity contribution is 5.81. The van der Waals surface area contributed by atoms with E-state index in [1.165, 1.54) is 36.4 Å². The molecule has 0 saturated carbocycles. The molecule has 2 rings (SSSR count). The third kappa shape index (κ3) is 4.52. The normalized spacial score (nSPS) is 13.0. The Labute approximate surface area is 138 Å². The van der Waals surface area contributed by atoms with Gasteiger partial charge in [-0.05, 0) is 43.7 Å². The van der Waals surface area contributed by atoms with Crippen LogP contribution in [0.2, 0.25) is 0 Å². The average Bonchev–Trinajstić information content (AvgIpc) is 2.55. The molecule has 0 aliphatic heterocycles. The number of carbonyl (C=O) groups is 1. The summed E-state index contributed by atoms with van der Waals surface area (Å²) in [5, 5.41) is 13.4. The number of nitro groups is 1. The van der Waals surface area contributed by atoms with E-state index in [9.17, 15) is 19.3 Å². The third-order valence-corrected chi connectivity index (χ3v) is 3.46. The summed E-state index contributed by atoms with van der Waals surface area (Å²) in [7, 11) is 0. The van der Waals surface area contributed by atoms with Crippen LogP contribution in [0.25, 0.3) is 0 Å². The number of amides is 1. The van der Waals surface area contributed by atoms with Crippen molar-refractivity contribution in [1.82, 2.24) is 5.32 Å². The standard InChI is InChI=1S/C17H17FN2O4/c1-11(13-3-5-14(18)6-4-13)19-17(21)12(2)24-16-9-7-15(8-10-16)20(22)23/h3-12H,1-2H3,(H,19,21)/t11-,12+/m0/s1. The molecule has 1 amide bonds. The van der Waals surface area contributed by atoms with Crippen molar-refractivity contribution in [3.8, 4) is 5.75 Å². The number of rotatable bonds is 6. The minimum absolute atomic E-state index is 0.0515. The Balaban J connectivity index is 1.93. The highest BCUT2D eigenvalue weighted by Crippen LogP contribution is 2.19. The van der Waals surface area contributed by atoms with Gasteiger partial charge in [-0.25, -0.2) is 4.39 Å². The number of hydrogen-bond donors (Lipinski definition) is 1. The van der Waals surface area contributed by atoms with Crippen molar-refractivity contribution in [2.75, 3.05) is 0 Å². The van der Waals surface area contributed by atoms with Crippen LogP contribution in [0.4, 0.5) is 10.1 Å². The van der Waals surface area contributed by atoms with E-state index >= 15 is 0 Å². The van der Waals surface area contributed by atoms with Crippen LogP contribution in [0, 0.1) is 15.9 Å². The van der Waals surface area contributed by atoms with Crippen molar-refractivity contribution in [2.24, 2.45) is 0 Å². The molecular weight excluding hydrogens is 315 g/mol. The molecule has 0 aromatic heterocycles. The summed E-state index contributed by atoms with van der Waals surface area (Å²) in [6.07, 6.45) is -0.783. The van der Waals surface area contributed by atoms with Gasteiger partial charge in [0.05, 0.1) is 11.0 Å². The lowest BCUT2D eigenvalue weighted by Gasteiger charge is -2.19. The zero-order chi connectivity index (χ0) is 17.7. The molecule has 6 nitrogen and oxygen atoms in total. The lowest BCUT2D eigenvalue weighted by molar-refractivity contribution is -0.384. The molecule has 24 heavy (non-hydrogen) atoms. The molecule has 0 heterocycles. The van der Waals surface area contributed by atoms with E-state index < -0.39 is 11.0 Å². The largest absolute Gasteiger partial charge is 0.481 e. The van der Waals surface area contributed by atoms with Crippen molar-refractivity contribution in [2.45, 2.75) is 26.0 Å². The Morgan fingerprint density at radius 2 is 1.71 bits per heavy atom. The molecule has 0 fully saturated rings. The number of ether oxygens (including phenoxy) is 1. The van der Waals surface area contributed by atoms with Crippen molar-refractivity contribution in [1.29, 1.82) is 0 Å². The maximum absolute atomic E-state index is 12.9. The number of hydrogen-bond acceptors (Lipinski definition) is 4. The fourth-order valence-corrected chi connectivity index (χ4v) is 2.07. The first-order valence-corrected chi connectivity index (χ1v) is 7.34. The van der Waals surface area contributed by atoms with Crippen LogP contribution in [0.15, 0.2) is 48.5 Å². The number of nitrogens with one attached hydrogen (secondary N) is 1. The SMILES string of the molecule is C[C@H](NC(=O)[C@@H](C)Oc1ccc([N+](=O)[O-])cc1)c1ccc(F)cc1. The molecule has 1 N–H and O–H groups in total. The molecule has 126 valence electrons. The smallest absolute Gasteiger partial charge is 0.269 e. The molecule has 7 heteroatoms. The quantitative estimate of drug-likeness (QED) is 0.649. The highest BCUT2D eigenvalue weighted by Gasteiger charge is 2.18. The molecular formula is C17H17FN2O4. The predicted octanol–water partition coefficient (Wildman–Crippen LogP) is 3.38. The molecule has 0 aliphatic carbocycles. The number of non-ortho nitro benzene ring substituents is 1. The van der Waals surface area contributed by atoms with E-state index in [2.05, 4.69) is 5.32 Å². The predicted molar refractivity (Wildman–Crippen MR) is 86.1 cm³/mol. The van der Waals surface area contributed by atoms with E-state index in [1.54, 1.807) is 26.0 Å². The molecule has 2 aromatic rings. The van der Waals surface area contributed by atoms with Gasteiger partial charge in [0.1, 0.15) is 11.6 Å². The molecule has 0 radical (unpaired) electrons. The highest BCUT2D eigenvalue weighted by atomic mass is 19.1. The topological polar surface area (TPSA) is 81.5 Å². The van der Waals surface area contributed by atoms with E-state index in [4.69, 9.17) is 4.74 Å². The second kappa shape index (κ2) is 7.54. The van der Waals surface area contributed by atoms with Crippen molar-refractivity contribution >= 4 is 11.6 Å². The monoisotopic (exact) mass is 332 g/mol. The summed E-state index contributed by atoms with van der Waals surface area (Å²) in [4.78, 5) is 22.2. The summed E-state index contributed by atoms with van der Waals surface area (Å²) in [5.74, 6) is -0.324. The molecule has 0 bridgehead atoms. The number of carbonyl (C=O) groups excluding carboxylic acids is 1. The van der Waals surface area contributed by atoms with Crippen LogP contribution in [0.1, 0.15) is 25.5 Å². The van der Waals surface area contributed by atoms with Gasteiger partial charge < -0.3 is 10.1 Å². The van der Waals surface area contributed by atoms with Crippen LogP contribution in [0.3, 0.4) is 0 Å². The van der Waals surface area contributed by atoms with E-state index in [-0.39, 0.29) is 23.5 Å². The number of halogens is 1. The molecule has 0 aliphatic rings. The first-order valence-electron chi connectivity index (χ1n) is 7.34. The minimum atomic E-state index is -0.783. The lowest BCUT2D eigenvalue weighted by Crippen LogP contribution is -2.37. The Hall–Kier alpha value is -2.96. The maximum atomic E-state index is 12.9. The van der Waals surface area contributed by atoms with Gasteiger partial charge in [-0.2, -0.15) is 0 Å². The minimum Gasteiger partial charge on any atom is -0.481 e. The van der Waals surface area contributed by atoms with Crippen molar-refractivity contribution in [3.05, 3.63) is 70.0 Å². The van der Waals surface area contributed by atoms with Gasteiger partial charge in [0.2, 0.25) is 0 Å². The van der Waals surface area contributed by atoms with Crippen LogP contribution < -0.4 is 10.1 Å². The zero-order valence-electron chi connectivity index (χ0n) is 13.2. The fraction of sp³-hybridized carbons (Fsp3) is 0.235. The summed E-state index contributed by atoms with van der Waals surface area (Å²) in [6, 6.07) is 11.0. The first-order chi connectivity index (χ1) is 11.4. The van der Waals surface area contributed by atoms with Gasteiger partial charge in [0, 0.05) is 12.1 Å². The summed E-state index contributed by atoms with van der Waals surface area (Å²) < 4.78 is 18.4. The lowest BCUT2D eigenvalue weighted by atomic mass is 10.1. The average molecular weight is 332 g/mol. The van der Waals surface area contributed by atoms with Gasteiger partial charge in [0.25, 0.3) is 11.6 Å². The number of benzene rings is 2. The molecule has 0 unspecified atom stereocenters. The van der Waals surface area contributed by atoms with Crippen LogP contribution >= 0.6 is 0 Å². The van der Waals surface area contributed by atoms with Crippen LogP contribution in [-0.4, -0.2) is 16.9 Å². The molecule has 0 saturated heterocycles. The summed E-state index contributed by atoms with van der Waals surface area (Å²) in [6.45, 7) is 3.36. The fourth-order valence-electron chi connectivity index (χ4n) is 2.07. The van der Waals surface area contributed by atoms with Gasteiger partial charge in [0.15, 0.2) is 6.10 Å². The van der Waals surface area contributed by atoms with Crippen LogP contribution in [0.5, 0.6) is 5.75 Å². The van der Waals surface area contributed by atoms with E-state index in [0.29, 0.717) is 5.75 Å². The van der Waals surface area contributed by atoms with Gasteiger partial charge >= 0.3 is 0 Å². The number of nitro benzene ring substituents is 1. The maximum Gasteiger partial charge on any atom is 0.269 e. The van der Waals surface area contributed by atoms with Gasteiger partial charge in [-0.1, -0.05) is 12.1 Å². The summed E-state index contributed by atoms with van der Waals surface area (Å²) >= 11 is 0. The third-order valence-electron chi connectivity index (χ3n) is 3.46. The zero-order valence-corrected chi connectivity index (χ0v) is 13.2. The first kappa shape index (κ1) is 17.4. The Kier molecular flexibility index (Phi) is 5.47. The Morgan fingerprint density at radius 3 is 2.25 bits per heavy atom. The van der Waals surface area contributed by atoms with E-state index in [1.807, 2.05) is 0 Å². The molecule has 2 atom stereocenters. The van der Waals surface area contributed by atoms with E-state index in [0.717, 1.165) is 5.56 Å². The second-order valence-electron chi connectivity index (χ2n) is 5.29.